The van der Waals surface area contributed by atoms with Crippen molar-refractivity contribution in [2.24, 2.45) is 28.7 Å². The van der Waals surface area contributed by atoms with E-state index in [4.69, 9.17) is 37.9 Å². The predicted octanol–water partition coefficient (Wildman–Crippen LogP) is 4.90. The number of nitrogens with zero attached hydrogens (tertiary/aromatic N) is 4. The molecule has 4 heterocycles. The van der Waals surface area contributed by atoms with E-state index >= 15 is 0 Å². The summed E-state index contributed by atoms with van der Waals surface area (Å²) in [5.74, 6) is 5.57. The molecule has 0 spiro atoms. The van der Waals surface area contributed by atoms with E-state index in [1.54, 1.807) is 61.4 Å². The first-order valence-corrected chi connectivity index (χ1v) is 32.0. The average Bonchev–Trinajstić information content (AvgIpc) is 1.58. The van der Waals surface area contributed by atoms with Crippen molar-refractivity contribution in [2.45, 2.75) is 103 Å². The van der Waals surface area contributed by atoms with Gasteiger partial charge in [0.15, 0.2) is 29.2 Å². The first-order valence-electron chi connectivity index (χ1n) is 30.5. The minimum Gasteiger partial charge on any atom is -0.493 e. The molecule has 28 heteroatoms. The number of rotatable bonds is 28. The first-order chi connectivity index (χ1) is 44.1. The molecule has 1 saturated carbocycles. The molecular formula is C64H79N9O18S. The molecule has 6 N–H and O–H groups in total. The van der Waals surface area contributed by atoms with E-state index in [2.05, 4.69) is 50.7 Å². The lowest BCUT2D eigenvalue weighted by Gasteiger charge is -2.31. The van der Waals surface area contributed by atoms with E-state index in [1.165, 1.54) is 38.2 Å². The van der Waals surface area contributed by atoms with Crippen LogP contribution in [0.4, 0.5) is 26.7 Å². The number of hydrogen-bond donors (Lipinski definition) is 6. The molecule has 4 aliphatic heterocycles. The minimum atomic E-state index is -4.20. The fraction of sp³-hybridized carbons (Fsp3) is 0.500. The lowest BCUT2D eigenvalue weighted by Crippen LogP contribution is -2.54. The smallest absolute Gasteiger partial charge is 0.421 e. The third-order valence-electron chi connectivity index (χ3n) is 16.6. The van der Waals surface area contributed by atoms with Crippen molar-refractivity contribution >= 4 is 75.2 Å². The van der Waals surface area contributed by atoms with Gasteiger partial charge in [-0.15, -0.1) is 11.8 Å². The number of aliphatic hydroxyl groups is 1. The van der Waals surface area contributed by atoms with Crippen molar-refractivity contribution in [2.75, 3.05) is 90.3 Å². The van der Waals surface area contributed by atoms with Crippen LogP contribution >= 0.6 is 0 Å². The molecule has 92 heavy (non-hydrogen) atoms. The number of methoxy groups -OCH3 is 2. The second-order valence-electron chi connectivity index (χ2n) is 23.5. The Morgan fingerprint density at radius 1 is 0.761 bits per heavy atom. The van der Waals surface area contributed by atoms with Gasteiger partial charge in [-0.05, 0) is 86.1 Å². The van der Waals surface area contributed by atoms with Crippen LogP contribution in [-0.2, 0) is 50.1 Å². The summed E-state index contributed by atoms with van der Waals surface area (Å²) in [4.78, 5) is 102. The number of fused-ring (bicyclic) bond motifs is 5. The number of hydrogen-bond acceptors (Lipinski definition) is 19. The molecular weight excluding hydrogens is 1210 g/mol. The highest BCUT2D eigenvalue weighted by atomic mass is 32.2. The Bertz CT molecular complexity index is 3500. The van der Waals surface area contributed by atoms with Gasteiger partial charge in [-0.1, -0.05) is 50.3 Å². The minimum absolute atomic E-state index is 0.00242. The number of carbonyl (C=O) groups is 7. The van der Waals surface area contributed by atoms with Crippen molar-refractivity contribution in [3.05, 3.63) is 89.5 Å². The van der Waals surface area contributed by atoms with Gasteiger partial charge in [0, 0.05) is 62.9 Å². The Kier molecular flexibility index (Phi) is 22.5. The summed E-state index contributed by atoms with van der Waals surface area (Å²) in [5, 5.41) is 19.9. The van der Waals surface area contributed by atoms with E-state index < -0.39 is 82.9 Å². The van der Waals surface area contributed by atoms with Crippen LogP contribution in [0.15, 0.2) is 77.8 Å². The van der Waals surface area contributed by atoms with E-state index in [1.807, 2.05) is 4.72 Å². The van der Waals surface area contributed by atoms with E-state index in [0.29, 0.717) is 70.8 Å². The quantitative estimate of drug-likeness (QED) is 0.0320. The highest BCUT2D eigenvalue weighted by Gasteiger charge is 2.50. The van der Waals surface area contributed by atoms with Gasteiger partial charge in [-0.25, -0.2) is 19.2 Å². The Hall–Kier alpha value is -8.75. The number of aliphatic imine (C=N–C) groups is 1. The molecule has 6 aliphatic rings. The molecule has 3 aromatic rings. The van der Waals surface area contributed by atoms with Crippen LogP contribution in [0.1, 0.15) is 92.0 Å². The lowest BCUT2D eigenvalue weighted by atomic mass is 10.0. The molecule has 8 atom stereocenters. The molecule has 3 fully saturated rings. The summed E-state index contributed by atoms with van der Waals surface area (Å²) in [6.45, 7) is 13.0. The van der Waals surface area contributed by atoms with E-state index in [0.717, 1.165) is 36.2 Å². The topological polar surface area (TPSA) is 330 Å². The predicted molar refractivity (Wildman–Crippen MR) is 335 cm³/mol. The number of ether oxygens (including phenoxy) is 8. The molecule has 9 rings (SSSR count). The van der Waals surface area contributed by atoms with Gasteiger partial charge in [-0.3, -0.25) is 29.0 Å². The maximum Gasteiger partial charge on any atom is 0.421 e. The van der Waals surface area contributed by atoms with Crippen LogP contribution in [0.3, 0.4) is 0 Å². The van der Waals surface area contributed by atoms with Gasteiger partial charge >= 0.3 is 22.4 Å². The Labute approximate surface area is 534 Å². The molecule has 2 aliphatic carbocycles. The van der Waals surface area contributed by atoms with Crippen molar-refractivity contribution in [3.8, 4) is 34.8 Å². The monoisotopic (exact) mass is 1290 g/mol. The summed E-state index contributed by atoms with van der Waals surface area (Å²) in [7, 11) is -1.31. The second-order valence-corrected chi connectivity index (χ2v) is 25.0. The zero-order valence-electron chi connectivity index (χ0n) is 52.1. The third kappa shape index (κ3) is 16.8. The average molecular weight is 1290 g/mol. The number of anilines is 2. The van der Waals surface area contributed by atoms with Gasteiger partial charge in [-0.2, -0.15) is 13.1 Å². The number of nitrogens with one attached hydrogen (secondary N) is 5. The highest BCUT2D eigenvalue weighted by Crippen LogP contribution is 2.52. The summed E-state index contributed by atoms with van der Waals surface area (Å²) < 4.78 is 73.9. The normalized spacial score (nSPS) is 21.0. The van der Waals surface area contributed by atoms with Crippen molar-refractivity contribution in [3.63, 3.8) is 0 Å². The fourth-order valence-corrected chi connectivity index (χ4v) is 12.4. The first kappa shape index (κ1) is 67.6. The lowest BCUT2D eigenvalue weighted by molar-refractivity contribution is -0.133. The Morgan fingerprint density at radius 3 is 2.09 bits per heavy atom. The molecule has 0 bridgehead atoms. The van der Waals surface area contributed by atoms with Crippen LogP contribution in [0.5, 0.6) is 23.0 Å². The zero-order valence-corrected chi connectivity index (χ0v) is 52.9. The summed E-state index contributed by atoms with van der Waals surface area (Å²) >= 11 is 0. The van der Waals surface area contributed by atoms with Gasteiger partial charge in [0.05, 0.1) is 88.4 Å². The standard InChI is InChI=1S/C64H79N9O18S/c1-37(2)57(69-56(74)36-87-24-23-86-22-19-66-92(82,83)70-63(80)90-35-48-44-13-10-8-9-11-14-45(44)48)59(76)67-40(5)58(75)68-42-17-15-41(16-18-42)34-91-64(81)73-50-30-55(53(85-7)28-47(50)61(78)72-33-39(4)26-51(72)62(73)79)89-21-12-20-88-54-29-49-46(27-52(54)84-6)60(77)71-32-38(3)25-43(71)31-65-49/h15-18,27-31,37,40,43-45,48,51,57,62,66,79H,3-4,10-14,19-26,32-36H2,1-2,5-7H3,(H,67,76)(H,68,75)(H,69,74)(H,70,80)/t40-,43-,44-,45+,48?,51-,57-,62-/m0/s1. The molecule has 0 radical (unpaired) electrons. The molecule has 1 unspecified atom stereocenters. The van der Waals surface area contributed by atoms with Crippen molar-refractivity contribution < 1.29 is 85.0 Å². The molecule has 27 nitrogen and oxygen atoms in total. The maximum absolute atomic E-state index is 14.2. The SMILES string of the molecule is C=C1C[C@H]2C=Nc3cc(OCCCOc4cc5c(cc4OC)C(=O)N4CC(=C)C[C@H]4[C@H](O)N5C(=O)OCc4ccc(NC(=O)[C@H](C)NC(=O)[C@@H](NC(=O)COCCOCCNS(=O)(=O)NC(=O)OCC5[C@H]6CCC#CCC[C@@H]56)C(C)C)cc4)c(OC)cc3C(=O)N2C1. The Morgan fingerprint density at radius 2 is 1.40 bits per heavy atom. The largest absolute Gasteiger partial charge is 0.493 e. The van der Waals surface area contributed by atoms with Crippen molar-refractivity contribution in [1.29, 1.82) is 0 Å². The molecule has 3 aromatic carbocycles. The van der Waals surface area contributed by atoms with Gasteiger partial charge in [0.25, 0.3) is 11.8 Å². The summed E-state index contributed by atoms with van der Waals surface area (Å²) in [6, 6.07) is 9.39. The van der Waals surface area contributed by atoms with Crippen molar-refractivity contribution in [1.82, 2.24) is 29.9 Å². The molecule has 494 valence electrons. The Balaban J connectivity index is 0.706. The fourth-order valence-electron chi connectivity index (χ4n) is 11.7. The van der Waals surface area contributed by atoms with Crippen LogP contribution in [0.2, 0.25) is 0 Å². The van der Waals surface area contributed by atoms with E-state index in [9.17, 15) is 47.1 Å². The number of benzene rings is 3. The van der Waals surface area contributed by atoms with E-state index in [-0.39, 0.29) is 106 Å². The van der Waals surface area contributed by atoms with Gasteiger partial charge in [0.1, 0.15) is 25.3 Å². The summed E-state index contributed by atoms with van der Waals surface area (Å²) in [5.41, 5.74) is 3.39. The molecule has 0 aromatic heterocycles. The third-order valence-corrected chi connectivity index (χ3v) is 17.6. The van der Waals surface area contributed by atoms with Crippen LogP contribution < -0.4 is 49.2 Å². The zero-order chi connectivity index (χ0) is 65.8. The van der Waals surface area contributed by atoms with Gasteiger partial charge in [0.2, 0.25) is 17.7 Å². The number of carbonyl (C=O) groups excluding carboxylic acids is 7. The van der Waals surface area contributed by atoms with Gasteiger partial charge < -0.3 is 68.8 Å². The molecule has 2 saturated heterocycles. The van der Waals surface area contributed by atoms with Crippen LogP contribution in [-0.4, -0.2) is 182 Å². The maximum atomic E-state index is 14.2. The highest BCUT2D eigenvalue weighted by molar-refractivity contribution is 7.88. The molecule has 7 amide bonds. The van der Waals surface area contributed by atoms with Crippen LogP contribution in [0.25, 0.3) is 0 Å². The van der Waals surface area contributed by atoms with Crippen LogP contribution in [0, 0.1) is 35.5 Å². The number of amides is 7. The number of aliphatic hydroxyl groups excluding tert-OH is 1. The second kappa shape index (κ2) is 30.6. The summed E-state index contributed by atoms with van der Waals surface area (Å²) in [6.07, 6.45) is 2.84.